The molecule has 1 N–H and O–H groups in total. The molecule has 0 bridgehead atoms. The second kappa shape index (κ2) is 6.20. The number of nitrogens with one attached hydrogen (secondary N) is 1. The SMILES string of the molecule is CCCCCC1NC(C)SC(C)S1. The number of hydrogen-bond donors (Lipinski definition) is 1. The summed E-state index contributed by atoms with van der Waals surface area (Å²) in [5, 5.41) is 4.98. The van der Waals surface area contributed by atoms with E-state index in [1.807, 2.05) is 11.8 Å². The molecule has 3 unspecified atom stereocenters. The summed E-state index contributed by atoms with van der Waals surface area (Å²) in [7, 11) is 0. The Morgan fingerprint density at radius 1 is 1.15 bits per heavy atom. The standard InChI is InChI=1S/C10H21NS2/c1-4-5-6-7-10-11-8(2)12-9(3)13-10/h8-11H,4-7H2,1-3H3. The van der Waals surface area contributed by atoms with E-state index in [2.05, 4.69) is 37.8 Å². The van der Waals surface area contributed by atoms with Gasteiger partial charge in [-0.3, -0.25) is 5.32 Å². The highest BCUT2D eigenvalue weighted by Gasteiger charge is 2.23. The lowest BCUT2D eigenvalue weighted by atomic mass is 10.2. The van der Waals surface area contributed by atoms with Gasteiger partial charge >= 0.3 is 0 Å². The van der Waals surface area contributed by atoms with Crippen LogP contribution in [0.5, 0.6) is 0 Å². The Labute approximate surface area is 90.8 Å². The fourth-order valence-electron chi connectivity index (χ4n) is 1.62. The minimum atomic E-state index is 0.642. The molecule has 0 saturated carbocycles. The molecule has 0 spiro atoms. The van der Waals surface area contributed by atoms with Crippen LogP contribution in [0.2, 0.25) is 0 Å². The predicted molar refractivity (Wildman–Crippen MR) is 65.2 cm³/mol. The summed E-state index contributed by atoms with van der Waals surface area (Å²) in [6, 6.07) is 0. The molecule has 1 aliphatic rings. The molecule has 13 heavy (non-hydrogen) atoms. The van der Waals surface area contributed by atoms with Crippen molar-refractivity contribution in [2.75, 3.05) is 0 Å². The molecule has 1 rings (SSSR count). The number of rotatable bonds is 4. The van der Waals surface area contributed by atoms with Crippen molar-refractivity contribution in [2.24, 2.45) is 0 Å². The minimum absolute atomic E-state index is 0.642. The maximum absolute atomic E-state index is 3.63. The first-order valence-corrected chi connectivity index (χ1v) is 7.18. The zero-order valence-electron chi connectivity index (χ0n) is 8.88. The van der Waals surface area contributed by atoms with E-state index in [0.717, 1.165) is 4.58 Å². The van der Waals surface area contributed by atoms with Gasteiger partial charge in [-0.05, 0) is 20.3 Å². The van der Waals surface area contributed by atoms with Gasteiger partial charge < -0.3 is 0 Å². The van der Waals surface area contributed by atoms with E-state index in [1.54, 1.807) is 0 Å². The first kappa shape index (κ1) is 11.7. The maximum atomic E-state index is 3.63. The van der Waals surface area contributed by atoms with Crippen LogP contribution in [0, 0.1) is 0 Å². The smallest absolute Gasteiger partial charge is 0.0551 e. The lowest BCUT2D eigenvalue weighted by molar-refractivity contribution is 0.560. The molecule has 0 aromatic carbocycles. The third kappa shape index (κ3) is 4.61. The van der Waals surface area contributed by atoms with Gasteiger partial charge in [0, 0.05) is 0 Å². The van der Waals surface area contributed by atoms with Crippen LogP contribution in [0.3, 0.4) is 0 Å². The van der Waals surface area contributed by atoms with Gasteiger partial charge in [0.2, 0.25) is 0 Å². The molecule has 0 amide bonds. The first-order chi connectivity index (χ1) is 6.22. The van der Waals surface area contributed by atoms with E-state index < -0.39 is 0 Å². The second-order valence-electron chi connectivity index (χ2n) is 3.63. The predicted octanol–water partition coefficient (Wildman–Crippen LogP) is 3.65. The van der Waals surface area contributed by atoms with Gasteiger partial charge in [-0.15, -0.1) is 23.5 Å². The number of unbranched alkanes of at least 4 members (excludes halogenated alkanes) is 2. The Hall–Kier alpha value is 0.660. The number of thioether (sulfide) groups is 2. The molecule has 3 atom stereocenters. The lowest BCUT2D eigenvalue weighted by Gasteiger charge is -2.32. The molecule has 1 heterocycles. The van der Waals surface area contributed by atoms with Crippen LogP contribution >= 0.6 is 23.5 Å². The minimum Gasteiger partial charge on any atom is -0.294 e. The van der Waals surface area contributed by atoms with Crippen molar-refractivity contribution in [3.8, 4) is 0 Å². The normalized spacial score (nSPS) is 34.8. The van der Waals surface area contributed by atoms with Gasteiger partial charge in [0.25, 0.3) is 0 Å². The van der Waals surface area contributed by atoms with E-state index in [4.69, 9.17) is 0 Å². The summed E-state index contributed by atoms with van der Waals surface area (Å²) in [5.41, 5.74) is 0. The van der Waals surface area contributed by atoms with Gasteiger partial charge in [0.15, 0.2) is 0 Å². The zero-order valence-corrected chi connectivity index (χ0v) is 10.5. The van der Waals surface area contributed by atoms with Crippen molar-refractivity contribution in [3.63, 3.8) is 0 Å². The third-order valence-corrected chi connectivity index (χ3v) is 4.92. The monoisotopic (exact) mass is 219 g/mol. The van der Waals surface area contributed by atoms with Gasteiger partial charge in [-0.2, -0.15) is 0 Å². The van der Waals surface area contributed by atoms with Gasteiger partial charge in [0.1, 0.15) is 0 Å². The zero-order chi connectivity index (χ0) is 9.68. The molecule has 0 aliphatic carbocycles. The van der Waals surface area contributed by atoms with Crippen molar-refractivity contribution >= 4 is 23.5 Å². The van der Waals surface area contributed by atoms with Crippen LogP contribution in [-0.4, -0.2) is 15.3 Å². The summed E-state index contributed by atoms with van der Waals surface area (Å²) >= 11 is 4.13. The van der Waals surface area contributed by atoms with Crippen LogP contribution in [0.15, 0.2) is 0 Å². The Bertz CT molecular complexity index is 131. The summed E-state index contributed by atoms with van der Waals surface area (Å²) in [6.07, 6.45) is 5.44. The van der Waals surface area contributed by atoms with Gasteiger partial charge in [-0.25, -0.2) is 0 Å². The van der Waals surface area contributed by atoms with E-state index in [-0.39, 0.29) is 0 Å². The summed E-state index contributed by atoms with van der Waals surface area (Å²) < 4.78 is 0.767. The third-order valence-electron chi connectivity index (χ3n) is 2.24. The maximum Gasteiger partial charge on any atom is 0.0551 e. The van der Waals surface area contributed by atoms with E-state index in [1.165, 1.54) is 25.7 Å². The van der Waals surface area contributed by atoms with Crippen molar-refractivity contribution in [2.45, 2.75) is 61.8 Å². The highest BCUT2D eigenvalue weighted by molar-refractivity contribution is 8.18. The van der Waals surface area contributed by atoms with Gasteiger partial charge in [-0.1, -0.05) is 26.2 Å². The summed E-state index contributed by atoms with van der Waals surface area (Å²) in [6.45, 7) is 6.86. The Kier molecular flexibility index (Phi) is 5.60. The Morgan fingerprint density at radius 3 is 2.54 bits per heavy atom. The molecule has 0 aromatic heterocycles. The molecular formula is C10H21NS2. The summed E-state index contributed by atoms with van der Waals surface area (Å²) in [4.78, 5) is 0. The quantitative estimate of drug-likeness (QED) is 0.725. The molecule has 3 heteroatoms. The highest BCUT2D eigenvalue weighted by atomic mass is 32.2. The molecule has 1 aliphatic heterocycles. The van der Waals surface area contributed by atoms with Gasteiger partial charge in [0.05, 0.1) is 15.3 Å². The average molecular weight is 219 g/mol. The molecule has 1 nitrogen and oxygen atoms in total. The molecule has 1 saturated heterocycles. The largest absolute Gasteiger partial charge is 0.294 e. The van der Waals surface area contributed by atoms with E-state index in [0.29, 0.717) is 10.7 Å². The average Bonchev–Trinajstić information content (AvgIpc) is 2.03. The first-order valence-electron chi connectivity index (χ1n) is 5.29. The molecule has 0 radical (unpaired) electrons. The second-order valence-corrected chi connectivity index (χ2v) is 7.17. The van der Waals surface area contributed by atoms with Crippen molar-refractivity contribution < 1.29 is 0 Å². The van der Waals surface area contributed by atoms with Crippen LogP contribution < -0.4 is 5.32 Å². The Morgan fingerprint density at radius 2 is 1.92 bits per heavy atom. The summed E-state index contributed by atoms with van der Waals surface area (Å²) in [5.74, 6) is 0. The highest BCUT2D eigenvalue weighted by Crippen LogP contribution is 2.35. The van der Waals surface area contributed by atoms with Crippen LogP contribution in [-0.2, 0) is 0 Å². The van der Waals surface area contributed by atoms with Crippen molar-refractivity contribution in [3.05, 3.63) is 0 Å². The lowest BCUT2D eigenvalue weighted by Crippen LogP contribution is -2.38. The van der Waals surface area contributed by atoms with E-state index in [9.17, 15) is 0 Å². The number of hydrogen-bond acceptors (Lipinski definition) is 3. The van der Waals surface area contributed by atoms with Crippen molar-refractivity contribution in [1.29, 1.82) is 0 Å². The molecule has 0 aromatic rings. The van der Waals surface area contributed by atoms with Crippen LogP contribution in [0.25, 0.3) is 0 Å². The van der Waals surface area contributed by atoms with E-state index >= 15 is 0 Å². The van der Waals surface area contributed by atoms with Crippen LogP contribution in [0.1, 0.15) is 46.5 Å². The molecule has 78 valence electrons. The fraction of sp³-hybridized carbons (Fsp3) is 1.00. The van der Waals surface area contributed by atoms with Crippen molar-refractivity contribution in [1.82, 2.24) is 5.32 Å². The van der Waals surface area contributed by atoms with Crippen LogP contribution in [0.4, 0.5) is 0 Å². The molecular weight excluding hydrogens is 198 g/mol. The fourth-order valence-corrected chi connectivity index (χ4v) is 4.73. The molecule has 1 fully saturated rings. The Balaban J connectivity index is 2.17. The topological polar surface area (TPSA) is 12.0 Å².